The van der Waals surface area contributed by atoms with Gasteiger partial charge >= 0.3 is 5.97 Å². The van der Waals surface area contributed by atoms with Gasteiger partial charge in [-0.15, -0.1) is 0 Å². The van der Waals surface area contributed by atoms with Gasteiger partial charge in [-0.2, -0.15) is 5.10 Å². The maximum Gasteiger partial charge on any atom is 0.356 e. The van der Waals surface area contributed by atoms with Crippen LogP contribution in [0.15, 0.2) is 54.6 Å². The second kappa shape index (κ2) is 7.61. The fourth-order valence-corrected chi connectivity index (χ4v) is 2.45. The van der Waals surface area contributed by atoms with Crippen molar-refractivity contribution in [2.75, 3.05) is 6.61 Å². The Morgan fingerprint density at radius 2 is 1.89 bits per heavy atom. The molecule has 0 spiro atoms. The number of aromatic nitrogens is 2. The normalized spacial score (nSPS) is 10.4. The van der Waals surface area contributed by atoms with Gasteiger partial charge in [0, 0.05) is 22.8 Å². The number of rotatable bonds is 6. The van der Waals surface area contributed by atoms with Crippen LogP contribution in [0, 0.1) is 17.0 Å². The van der Waals surface area contributed by atoms with E-state index in [1.54, 1.807) is 6.92 Å². The molecule has 0 saturated heterocycles. The van der Waals surface area contributed by atoms with Crippen LogP contribution in [-0.2, 0) is 4.74 Å². The minimum atomic E-state index is -0.736. The third-order valence-corrected chi connectivity index (χ3v) is 3.93. The molecule has 0 aliphatic carbocycles. The Balaban J connectivity index is 1.66. The second-order valence-electron chi connectivity index (χ2n) is 5.79. The molecule has 1 N–H and O–H groups in total. The minimum Gasteiger partial charge on any atom is -0.453 e. The van der Waals surface area contributed by atoms with Crippen molar-refractivity contribution < 1.29 is 19.2 Å². The predicted octanol–water partition coefficient (Wildman–Crippen LogP) is 3.33. The van der Waals surface area contributed by atoms with E-state index in [0.29, 0.717) is 11.3 Å². The first-order valence-electron chi connectivity index (χ1n) is 8.02. The van der Waals surface area contributed by atoms with Crippen LogP contribution in [0.25, 0.3) is 11.3 Å². The summed E-state index contributed by atoms with van der Waals surface area (Å²) >= 11 is 0. The summed E-state index contributed by atoms with van der Waals surface area (Å²) in [6, 6.07) is 14.9. The van der Waals surface area contributed by atoms with Crippen LogP contribution in [0.4, 0.5) is 5.69 Å². The number of nitrogens with zero attached hydrogens (tertiary/aromatic N) is 2. The van der Waals surface area contributed by atoms with Crippen molar-refractivity contribution in [1.29, 1.82) is 0 Å². The molecule has 0 aliphatic rings. The summed E-state index contributed by atoms with van der Waals surface area (Å²) in [5, 5.41) is 17.6. The molecule has 0 atom stereocenters. The van der Waals surface area contributed by atoms with E-state index in [9.17, 15) is 19.7 Å². The number of hydrogen-bond acceptors (Lipinski definition) is 6. The number of carbonyl (C=O) groups is 2. The largest absolute Gasteiger partial charge is 0.453 e. The molecule has 27 heavy (non-hydrogen) atoms. The summed E-state index contributed by atoms with van der Waals surface area (Å²) in [5.74, 6) is -1.27. The quantitative estimate of drug-likeness (QED) is 0.310. The Kier molecular flexibility index (Phi) is 5.07. The number of aryl methyl sites for hydroxylation is 1. The van der Waals surface area contributed by atoms with Crippen LogP contribution in [0.2, 0.25) is 0 Å². The van der Waals surface area contributed by atoms with Crippen molar-refractivity contribution in [2.45, 2.75) is 6.92 Å². The zero-order valence-electron chi connectivity index (χ0n) is 14.3. The van der Waals surface area contributed by atoms with Crippen LogP contribution in [0.3, 0.4) is 0 Å². The number of ketones is 1. The molecule has 0 fully saturated rings. The zero-order valence-corrected chi connectivity index (χ0v) is 14.3. The SMILES string of the molecule is Cc1ccc(C(=O)COC(=O)c2cc(-c3ccccc3)n[nH]2)cc1[N+](=O)[O-]. The first-order valence-corrected chi connectivity index (χ1v) is 8.02. The molecule has 0 unspecified atom stereocenters. The van der Waals surface area contributed by atoms with Gasteiger partial charge in [0.1, 0.15) is 5.69 Å². The fraction of sp³-hybridized carbons (Fsp3) is 0.105. The van der Waals surface area contributed by atoms with Crippen LogP contribution < -0.4 is 0 Å². The van der Waals surface area contributed by atoms with Gasteiger partial charge in [0.15, 0.2) is 6.61 Å². The Bertz CT molecular complexity index is 1010. The van der Waals surface area contributed by atoms with Gasteiger partial charge in [-0.05, 0) is 13.0 Å². The van der Waals surface area contributed by atoms with Crippen molar-refractivity contribution in [2.24, 2.45) is 0 Å². The van der Waals surface area contributed by atoms with E-state index in [4.69, 9.17) is 4.74 Å². The number of carbonyl (C=O) groups excluding carboxylic acids is 2. The van der Waals surface area contributed by atoms with E-state index in [1.165, 1.54) is 24.3 Å². The van der Waals surface area contributed by atoms with Crippen molar-refractivity contribution in [3.05, 3.63) is 81.5 Å². The first kappa shape index (κ1) is 18.0. The zero-order chi connectivity index (χ0) is 19.4. The summed E-state index contributed by atoms with van der Waals surface area (Å²) in [4.78, 5) is 34.7. The highest BCUT2D eigenvalue weighted by molar-refractivity contribution is 5.99. The van der Waals surface area contributed by atoms with Gasteiger partial charge < -0.3 is 4.74 Å². The lowest BCUT2D eigenvalue weighted by molar-refractivity contribution is -0.385. The van der Waals surface area contributed by atoms with Crippen molar-refractivity contribution >= 4 is 17.4 Å². The molecular weight excluding hydrogens is 350 g/mol. The second-order valence-corrected chi connectivity index (χ2v) is 5.79. The van der Waals surface area contributed by atoms with E-state index in [1.807, 2.05) is 30.3 Å². The topological polar surface area (TPSA) is 115 Å². The standard InChI is InChI=1S/C19H15N3O5/c1-12-7-8-14(9-17(12)22(25)26)18(23)11-27-19(24)16-10-15(20-21-16)13-5-3-2-4-6-13/h2-10H,11H2,1H3,(H,20,21). The lowest BCUT2D eigenvalue weighted by Gasteiger charge is -2.04. The number of nitro benzene ring substituents is 1. The molecule has 3 rings (SSSR count). The molecule has 8 heteroatoms. The van der Waals surface area contributed by atoms with Gasteiger partial charge in [-0.1, -0.05) is 42.5 Å². The van der Waals surface area contributed by atoms with Gasteiger partial charge in [0.2, 0.25) is 5.78 Å². The molecule has 8 nitrogen and oxygen atoms in total. The fourth-order valence-electron chi connectivity index (χ4n) is 2.45. The number of benzene rings is 2. The molecule has 0 radical (unpaired) electrons. The monoisotopic (exact) mass is 365 g/mol. The number of esters is 1. The minimum absolute atomic E-state index is 0.106. The highest BCUT2D eigenvalue weighted by Gasteiger charge is 2.18. The number of ether oxygens (including phenoxy) is 1. The molecule has 0 amide bonds. The van der Waals surface area contributed by atoms with Crippen molar-refractivity contribution in [3.63, 3.8) is 0 Å². The molecule has 0 bridgehead atoms. The number of aromatic amines is 1. The van der Waals surface area contributed by atoms with E-state index in [2.05, 4.69) is 10.2 Å². The number of hydrogen-bond donors (Lipinski definition) is 1. The number of nitrogens with one attached hydrogen (secondary N) is 1. The molecule has 3 aromatic rings. The Morgan fingerprint density at radius 3 is 2.59 bits per heavy atom. The van der Waals surface area contributed by atoms with Crippen molar-refractivity contribution in [3.8, 4) is 11.3 Å². The number of H-pyrrole nitrogens is 1. The molecule has 136 valence electrons. The maximum absolute atomic E-state index is 12.2. The molecule has 2 aromatic carbocycles. The van der Waals surface area contributed by atoms with Gasteiger partial charge in [-0.3, -0.25) is 20.0 Å². The maximum atomic E-state index is 12.2. The molecular formula is C19H15N3O5. The average Bonchev–Trinajstić information content (AvgIpc) is 3.17. The average molecular weight is 365 g/mol. The summed E-state index contributed by atoms with van der Waals surface area (Å²) < 4.78 is 4.99. The summed E-state index contributed by atoms with van der Waals surface area (Å²) in [5.41, 5.74) is 1.90. The number of nitro groups is 1. The van der Waals surface area contributed by atoms with Crippen LogP contribution in [0.1, 0.15) is 26.4 Å². The Labute approximate surface area is 153 Å². The summed E-state index contributed by atoms with van der Waals surface area (Å²) in [6.45, 7) is 1.05. The molecule has 0 aliphatic heterocycles. The van der Waals surface area contributed by atoms with E-state index in [0.717, 1.165) is 5.56 Å². The third kappa shape index (κ3) is 4.06. The number of Topliss-reactive ketones (excluding diaryl/α,β-unsaturated/α-hetero) is 1. The van der Waals surface area contributed by atoms with Gasteiger partial charge in [-0.25, -0.2) is 4.79 Å². The van der Waals surface area contributed by atoms with Gasteiger partial charge in [0.05, 0.1) is 10.6 Å². The highest BCUT2D eigenvalue weighted by Crippen LogP contribution is 2.20. The highest BCUT2D eigenvalue weighted by atomic mass is 16.6. The molecule has 1 heterocycles. The lowest BCUT2D eigenvalue weighted by Crippen LogP contribution is -2.15. The lowest BCUT2D eigenvalue weighted by atomic mass is 10.1. The Hall–Kier alpha value is -3.81. The van der Waals surface area contributed by atoms with Crippen LogP contribution >= 0.6 is 0 Å². The van der Waals surface area contributed by atoms with Gasteiger partial charge in [0.25, 0.3) is 5.69 Å². The van der Waals surface area contributed by atoms with E-state index < -0.39 is 23.3 Å². The van der Waals surface area contributed by atoms with Crippen LogP contribution in [-0.4, -0.2) is 33.5 Å². The predicted molar refractivity (Wildman–Crippen MR) is 96.5 cm³/mol. The Morgan fingerprint density at radius 1 is 1.15 bits per heavy atom. The van der Waals surface area contributed by atoms with E-state index in [-0.39, 0.29) is 16.9 Å². The van der Waals surface area contributed by atoms with Crippen molar-refractivity contribution in [1.82, 2.24) is 10.2 Å². The summed E-state index contributed by atoms with van der Waals surface area (Å²) in [7, 11) is 0. The smallest absolute Gasteiger partial charge is 0.356 e. The third-order valence-electron chi connectivity index (χ3n) is 3.93. The van der Waals surface area contributed by atoms with Crippen LogP contribution in [0.5, 0.6) is 0 Å². The molecule has 0 saturated carbocycles. The first-order chi connectivity index (χ1) is 13.0. The summed E-state index contributed by atoms with van der Waals surface area (Å²) in [6.07, 6.45) is 0. The molecule has 1 aromatic heterocycles. The van der Waals surface area contributed by atoms with E-state index >= 15 is 0 Å².